The topological polar surface area (TPSA) is 67.9 Å². The molecule has 2 rings (SSSR count). The minimum absolute atomic E-state index is 0.0786. The van der Waals surface area contributed by atoms with Gasteiger partial charge < -0.3 is 15.5 Å². The zero-order valence-corrected chi connectivity index (χ0v) is 18.4. The fraction of sp³-hybridized carbons (Fsp3) is 0.750. The standard InChI is InChI=1S/C24H41N3O2/c1-2-3-4-5-6-7-8-9-10-11-12-13-14-15-16-17-23(28)27-19-18-22-21(20-27)24(25)26-29-22/h6-7,9-10,21-22H,2-5,8,11-20H2,1H3,(H2,25,26)/b7-6+,10-9+. The van der Waals surface area contributed by atoms with Gasteiger partial charge in [-0.1, -0.05) is 68.5 Å². The Morgan fingerprint density at radius 3 is 2.52 bits per heavy atom. The molecule has 2 unspecified atom stereocenters. The molecule has 0 aromatic carbocycles. The predicted octanol–water partition coefficient (Wildman–Crippen LogP) is 5.32. The number of fused-ring (bicyclic) bond motifs is 1. The summed E-state index contributed by atoms with van der Waals surface area (Å²) >= 11 is 0. The smallest absolute Gasteiger partial charge is 0.222 e. The van der Waals surface area contributed by atoms with Crippen LogP contribution in [0.15, 0.2) is 29.5 Å². The number of carbonyl (C=O) groups excluding carboxylic acids is 1. The van der Waals surface area contributed by atoms with Gasteiger partial charge in [-0.2, -0.15) is 0 Å². The number of hydrogen-bond acceptors (Lipinski definition) is 4. The molecular formula is C24H41N3O2. The number of nitrogens with zero attached hydrogens (tertiary/aromatic N) is 2. The van der Waals surface area contributed by atoms with Gasteiger partial charge in [-0.3, -0.25) is 4.79 Å². The highest BCUT2D eigenvalue weighted by Crippen LogP contribution is 2.26. The molecule has 29 heavy (non-hydrogen) atoms. The molecule has 1 fully saturated rings. The van der Waals surface area contributed by atoms with Gasteiger partial charge in [0.05, 0.1) is 5.92 Å². The monoisotopic (exact) mass is 403 g/mol. The third kappa shape index (κ3) is 9.05. The summed E-state index contributed by atoms with van der Waals surface area (Å²) in [6, 6.07) is 0. The van der Waals surface area contributed by atoms with Crippen LogP contribution in [0.3, 0.4) is 0 Å². The number of likely N-dealkylation sites (tertiary alicyclic amines) is 1. The van der Waals surface area contributed by atoms with Crippen molar-refractivity contribution in [2.75, 3.05) is 13.1 Å². The quantitative estimate of drug-likeness (QED) is 0.315. The summed E-state index contributed by atoms with van der Waals surface area (Å²) in [5, 5.41) is 3.87. The van der Waals surface area contributed by atoms with Crippen LogP contribution in [-0.2, 0) is 9.63 Å². The van der Waals surface area contributed by atoms with Crippen LogP contribution >= 0.6 is 0 Å². The van der Waals surface area contributed by atoms with E-state index < -0.39 is 0 Å². The minimum atomic E-state index is 0.0786. The number of hydrogen-bond donors (Lipinski definition) is 1. The molecule has 0 aromatic heterocycles. The van der Waals surface area contributed by atoms with Crippen molar-refractivity contribution in [1.82, 2.24) is 4.90 Å². The molecule has 0 aliphatic carbocycles. The Morgan fingerprint density at radius 1 is 1.07 bits per heavy atom. The van der Waals surface area contributed by atoms with Gasteiger partial charge in [0.2, 0.25) is 5.91 Å². The number of nitrogens with two attached hydrogens (primary N) is 1. The third-order valence-electron chi connectivity index (χ3n) is 5.92. The van der Waals surface area contributed by atoms with Gasteiger partial charge in [0, 0.05) is 25.9 Å². The molecule has 5 heteroatoms. The van der Waals surface area contributed by atoms with Crippen molar-refractivity contribution in [1.29, 1.82) is 0 Å². The molecule has 5 nitrogen and oxygen atoms in total. The van der Waals surface area contributed by atoms with E-state index in [-0.39, 0.29) is 17.9 Å². The number of rotatable bonds is 14. The van der Waals surface area contributed by atoms with Gasteiger partial charge in [-0.05, 0) is 38.5 Å². The van der Waals surface area contributed by atoms with E-state index in [9.17, 15) is 4.79 Å². The second-order valence-electron chi connectivity index (χ2n) is 8.38. The number of allylic oxidation sites excluding steroid dienone is 4. The highest BCUT2D eigenvalue weighted by molar-refractivity contribution is 5.85. The molecule has 164 valence electrons. The van der Waals surface area contributed by atoms with Crippen molar-refractivity contribution < 1.29 is 9.63 Å². The highest BCUT2D eigenvalue weighted by atomic mass is 16.6. The van der Waals surface area contributed by atoms with Crippen LogP contribution in [0.25, 0.3) is 0 Å². The van der Waals surface area contributed by atoms with Crippen molar-refractivity contribution in [2.45, 2.75) is 96.5 Å². The number of piperidine rings is 1. The molecule has 0 saturated carbocycles. The first kappa shape index (κ1) is 23.5. The van der Waals surface area contributed by atoms with Crippen LogP contribution in [0.5, 0.6) is 0 Å². The van der Waals surface area contributed by atoms with E-state index in [1.54, 1.807) is 0 Å². The minimum Gasteiger partial charge on any atom is -0.390 e. The molecule has 2 atom stereocenters. The van der Waals surface area contributed by atoms with Crippen molar-refractivity contribution >= 4 is 11.7 Å². The van der Waals surface area contributed by atoms with Gasteiger partial charge in [0.1, 0.15) is 11.9 Å². The van der Waals surface area contributed by atoms with Crippen molar-refractivity contribution in [3.8, 4) is 0 Å². The summed E-state index contributed by atoms with van der Waals surface area (Å²) in [4.78, 5) is 19.7. The Morgan fingerprint density at radius 2 is 1.76 bits per heavy atom. The molecule has 0 radical (unpaired) electrons. The Hall–Kier alpha value is -1.78. The third-order valence-corrected chi connectivity index (χ3v) is 5.92. The lowest BCUT2D eigenvalue weighted by Crippen LogP contribution is -2.48. The van der Waals surface area contributed by atoms with E-state index >= 15 is 0 Å². The van der Waals surface area contributed by atoms with Gasteiger partial charge in [-0.25, -0.2) is 0 Å². The lowest BCUT2D eigenvalue weighted by Gasteiger charge is -2.33. The average Bonchev–Trinajstić information content (AvgIpc) is 3.11. The predicted molar refractivity (Wildman–Crippen MR) is 121 cm³/mol. The van der Waals surface area contributed by atoms with Crippen LogP contribution < -0.4 is 5.73 Å². The maximum atomic E-state index is 12.4. The first-order valence-electron chi connectivity index (χ1n) is 11.8. The SMILES string of the molecule is CCCCC/C=C/C/C=C/CCCCCCCC(=O)N1CCC2ON=C(N)C2C1. The highest BCUT2D eigenvalue weighted by Gasteiger charge is 2.38. The summed E-state index contributed by atoms with van der Waals surface area (Å²) in [6.07, 6.45) is 24.0. The molecule has 0 aromatic rings. The number of amides is 1. The van der Waals surface area contributed by atoms with E-state index in [4.69, 9.17) is 10.6 Å². The van der Waals surface area contributed by atoms with Crippen LogP contribution in [0.4, 0.5) is 0 Å². The van der Waals surface area contributed by atoms with Crippen molar-refractivity contribution in [2.24, 2.45) is 16.8 Å². The summed E-state index contributed by atoms with van der Waals surface area (Å²) in [7, 11) is 0. The zero-order chi connectivity index (χ0) is 20.7. The summed E-state index contributed by atoms with van der Waals surface area (Å²) in [5.74, 6) is 0.899. The fourth-order valence-corrected chi connectivity index (χ4v) is 4.01. The summed E-state index contributed by atoms with van der Waals surface area (Å²) in [6.45, 7) is 3.68. The lowest BCUT2D eigenvalue weighted by molar-refractivity contribution is -0.134. The Kier molecular flexibility index (Phi) is 11.5. The number of carbonyl (C=O) groups is 1. The molecule has 2 aliphatic rings. The second kappa shape index (κ2) is 14.2. The van der Waals surface area contributed by atoms with E-state index in [2.05, 4.69) is 36.4 Å². The number of oxime groups is 1. The number of unbranched alkanes of at least 4 members (excludes halogenated alkanes) is 8. The second-order valence-corrected chi connectivity index (χ2v) is 8.38. The molecule has 0 spiro atoms. The van der Waals surface area contributed by atoms with E-state index in [0.717, 1.165) is 32.2 Å². The first-order chi connectivity index (χ1) is 14.2. The van der Waals surface area contributed by atoms with Crippen LogP contribution in [0.1, 0.15) is 90.4 Å². The lowest BCUT2D eigenvalue weighted by atomic mass is 9.94. The van der Waals surface area contributed by atoms with Crippen molar-refractivity contribution in [3.63, 3.8) is 0 Å². The Balaban J connectivity index is 1.41. The van der Waals surface area contributed by atoms with E-state index in [0.29, 0.717) is 18.8 Å². The average molecular weight is 404 g/mol. The molecule has 0 bridgehead atoms. The Labute approximate surface area is 177 Å². The maximum Gasteiger partial charge on any atom is 0.222 e. The first-order valence-corrected chi connectivity index (χ1v) is 11.8. The van der Waals surface area contributed by atoms with Gasteiger partial charge in [0.15, 0.2) is 0 Å². The maximum absolute atomic E-state index is 12.4. The van der Waals surface area contributed by atoms with E-state index in [1.807, 2.05) is 4.90 Å². The molecule has 1 saturated heterocycles. The molecule has 2 heterocycles. The zero-order valence-electron chi connectivity index (χ0n) is 18.4. The molecular weight excluding hydrogens is 362 g/mol. The van der Waals surface area contributed by atoms with Crippen LogP contribution in [0, 0.1) is 5.92 Å². The van der Waals surface area contributed by atoms with Crippen LogP contribution in [-0.4, -0.2) is 35.8 Å². The fourth-order valence-electron chi connectivity index (χ4n) is 4.01. The van der Waals surface area contributed by atoms with E-state index in [1.165, 1.54) is 51.4 Å². The van der Waals surface area contributed by atoms with Gasteiger partial charge in [0.25, 0.3) is 0 Å². The largest absolute Gasteiger partial charge is 0.390 e. The van der Waals surface area contributed by atoms with Crippen LogP contribution in [0.2, 0.25) is 0 Å². The normalized spacial score (nSPS) is 21.6. The van der Waals surface area contributed by atoms with Gasteiger partial charge >= 0.3 is 0 Å². The molecule has 2 N–H and O–H groups in total. The summed E-state index contributed by atoms with van der Waals surface area (Å²) < 4.78 is 0. The molecule has 2 aliphatic heterocycles. The molecule has 1 amide bonds. The Bertz CT molecular complexity index is 556. The van der Waals surface area contributed by atoms with Gasteiger partial charge in [-0.15, -0.1) is 0 Å². The number of amidine groups is 1. The summed E-state index contributed by atoms with van der Waals surface area (Å²) in [5.41, 5.74) is 5.87. The van der Waals surface area contributed by atoms with Crippen molar-refractivity contribution in [3.05, 3.63) is 24.3 Å².